The van der Waals surface area contributed by atoms with Crippen molar-refractivity contribution in [1.29, 1.82) is 0 Å². The van der Waals surface area contributed by atoms with Crippen LogP contribution in [-0.4, -0.2) is 33.8 Å². The lowest BCUT2D eigenvalue weighted by Gasteiger charge is -2.25. The van der Waals surface area contributed by atoms with Crippen LogP contribution in [0, 0.1) is 12.7 Å². The quantitative estimate of drug-likeness (QED) is 0.372. The van der Waals surface area contributed by atoms with Crippen LogP contribution in [0.3, 0.4) is 0 Å². The van der Waals surface area contributed by atoms with Crippen molar-refractivity contribution in [3.8, 4) is 5.75 Å². The minimum Gasteiger partial charge on any atom is -0.507 e. The van der Waals surface area contributed by atoms with Gasteiger partial charge in [-0.05, 0) is 47.9 Å². The number of benzene rings is 2. The summed E-state index contributed by atoms with van der Waals surface area (Å²) in [7, 11) is 1.54. The van der Waals surface area contributed by atoms with Crippen LogP contribution in [-0.2, 0) is 16.1 Å². The molecule has 0 radical (unpaired) electrons. The van der Waals surface area contributed by atoms with Crippen molar-refractivity contribution >= 4 is 17.4 Å². The first kappa shape index (κ1) is 21.2. The number of Topliss-reactive ketones (excluding diaryl/α,β-unsaturated/α-hetero) is 1. The van der Waals surface area contributed by atoms with E-state index in [1.165, 1.54) is 24.1 Å². The fraction of sp³-hybridized carbons (Fsp3) is 0.160. The number of hydrogen-bond donors (Lipinski definition) is 1. The summed E-state index contributed by atoms with van der Waals surface area (Å²) in [5.74, 6) is -1.90. The number of aliphatic hydroxyl groups excluding tert-OH is 1. The van der Waals surface area contributed by atoms with Gasteiger partial charge in [0.15, 0.2) is 0 Å². The Balaban J connectivity index is 1.86. The molecule has 2 heterocycles. The molecule has 3 aromatic rings. The van der Waals surface area contributed by atoms with Crippen LogP contribution < -0.4 is 4.74 Å². The zero-order valence-electron chi connectivity index (χ0n) is 17.6. The number of rotatable bonds is 5. The predicted molar refractivity (Wildman–Crippen MR) is 116 cm³/mol. The average Bonchev–Trinajstić information content (AvgIpc) is 3.06. The summed E-state index contributed by atoms with van der Waals surface area (Å²) in [6.07, 6.45) is 3.23. The molecule has 32 heavy (non-hydrogen) atoms. The summed E-state index contributed by atoms with van der Waals surface area (Å²) in [4.78, 5) is 31.5. The zero-order chi connectivity index (χ0) is 22.8. The van der Waals surface area contributed by atoms with Crippen LogP contribution in [0.5, 0.6) is 5.75 Å². The van der Waals surface area contributed by atoms with Gasteiger partial charge in [0.25, 0.3) is 11.7 Å². The van der Waals surface area contributed by atoms with Gasteiger partial charge in [0.1, 0.15) is 17.3 Å². The summed E-state index contributed by atoms with van der Waals surface area (Å²) in [6.45, 7) is 1.72. The van der Waals surface area contributed by atoms with Crippen molar-refractivity contribution in [2.24, 2.45) is 0 Å². The molecule has 1 aliphatic heterocycles. The number of likely N-dealkylation sites (tertiary alicyclic amines) is 1. The highest BCUT2D eigenvalue weighted by molar-refractivity contribution is 6.46. The Kier molecular flexibility index (Phi) is 5.73. The standard InChI is InChI=1S/C25H21FN2O4/c1-15-5-6-18(12-20(15)26)23(29)21-22(17-7-9-19(32-2)10-8-17)28(25(31)24(21)30)14-16-4-3-11-27-13-16/h3-13,22,29H,14H2,1-2H3. The highest BCUT2D eigenvalue weighted by Gasteiger charge is 2.46. The molecule has 1 N–H and O–H groups in total. The van der Waals surface area contributed by atoms with Crippen LogP contribution in [0.15, 0.2) is 72.6 Å². The lowest BCUT2D eigenvalue weighted by molar-refractivity contribution is -0.140. The van der Waals surface area contributed by atoms with Crippen molar-refractivity contribution < 1.29 is 23.8 Å². The number of amides is 1. The molecular formula is C25H21FN2O4. The average molecular weight is 432 g/mol. The van der Waals surface area contributed by atoms with E-state index < -0.39 is 29.3 Å². The van der Waals surface area contributed by atoms with Crippen LogP contribution >= 0.6 is 0 Å². The van der Waals surface area contributed by atoms with E-state index in [4.69, 9.17) is 4.74 Å². The summed E-state index contributed by atoms with van der Waals surface area (Å²) >= 11 is 0. The highest BCUT2D eigenvalue weighted by Crippen LogP contribution is 2.40. The molecule has 162 valence electrons. The maximum absolute atomic E-state index is 14.2. The molecule has 0 saturated carbocycles. The largest absolute Gasteiger partial charge is 0.507 e. The maximum atomic E-state index is 14.2. The fourth-order valence-electron chi connectivity index (χ4n) is 3.76. The Bertz CT molecular complexity index is 1210. The molecule has 4 rings (SSSR count). The minimum absolute atomic E-state index is 0.0905. The van der Waals surface area contributed by atoms with Crippen LogP contribution in [0.2, 0.25) is 0 Å². The van der Waals surface area contributed by atoms with Crippen molar-refractivity contribution in [3.63, 3.8) is 0 Å². The maximum Gasteiger partial charge on any atom is 0.295 e. The van der Waals surface area contributed by atoms with Gasteiger partial charge in [-0.1, -0.05) is 30.3 Å². The summed E-state index contributed by atoms with van der Waals surface area (Å²) < 4.78 is 19.4. The number of aromatic nitrogens is 1. The third-order valence-corrected chi connectivity index (χ3v) is 5.49. The molecule has 0 bridgehead atoms. The molecule has 1 aromatic heterocycles. The van der Waals surface area contributed by atoms with E-state index in [9.17, 15) is 19.1 Å². The topological polar surface area (TPSA) is 79.7 Å². The van der Waals surface area contributed by atoms with E-state index in [1.54, 1.807) is 55.7 Å². The number of nitrogens with zero attached hydrogens (tertiary/aromatic N) is 2. The number of methoxy groups -OCH3 is 1. The number of carbonyl (C=O) groups excluding carboxylic acids is 2. The minimum atomic E-state index is -0.856. The third-order valence-electron chi connectivity index (χ3n) is 5.49. The molecule has 1 saturated heterocycles. The van der Waals surface area contributed by atoms with Crippen LogP contribution in [0.4, 0.5) is 4.39 Å². The van der Waals surface area contributed by atoms with Gasteiger partial charge in [0, 0.05) is 24.5 Å². The smallest absolute Gasteiger partial charge is 0.295 e. The predicted octanol–water partition coefficient (Wildman–Crippen LogP) is 4.16. The molecule has 0 spiro atoms. The van der Waals surface area contributed by atoms with Crippen molar-refractivity contribution in [1.82, 2.24) is 9.88 Å². The molecule has 1 amide bonds. The second-order valence-electron chi connectivity index (χ2n) is 7.53. The highest BCUT2D eigenvalue weighted by atomic mass is 19.1. The summed E-state index contributed by atoms with van der Waals surface area (Å²) in [6, 6.07) is 13.8. The van der Waals surface area contributed by atoms with E-state index in [1.807, 2.05) is 0 Å². The second-order valence-corrected chi connectivity index (χ2v) is 7.53. The molecule has 2 aromatic carbocycles. The number of carbonyl (C=O) groups is 2. The first-order valence-electron chi connectivity index (χ1n) is 9.98. The number of aryl methyl sites for hydroxylation is 1. The van der Waals surface area contributed by atoms with E-state index in [2.05, 4.69) is 4.98 Å². The molecule has 7 heteroatoms. The van der Waals surface area contributed by atoms with Crippen LogP contribution in [0.25, 0.3) is 5.76 Å². The number of ketones is 1. The van der Waals surface area contributed by atoms with Crippen LogP contribution in [0.1, 0.15) is 28.3 Å². The monoisotopic (exact) mass is 432 g/mol. The molecule has 1 unspecified atom stereocenters. The van der Waals surface area contributed by atoms with Gasteiger partial charge in [-0.15, -0.1) is 0 Å². The molecule has 1 fully saturated rings. The van der Waals surface area contributed by atoms with Gasteiger partial charge in [-0.25, -0.2) is 4.39 Å². The number of hydrogen-bond acceptors (Lipinski definition) is 5. The Morgan fingerprint density at radius 1 is 1.16 bits per heavy atom. The number of pyridine rings is 1. The first-order valence-corrected chi connectivity index (χ1v) is 9.98. The molecule has 1 atom stereocenters. The van der Waals surface area contributed by atoms with E-state index in [0.29, 0.717) is 16.9 Å². The fourth-order valence-corrected chi connectivity index (χ4v) is 3.76. The van der Waals surface area contributed by atoms with Gasteiger partial charge in [0.2, 0.25) is 0 Å². The number of aliphatic hydroxyl groups is 1. The zero-order valence-corrected chi connectivity index (χ0v) is 17.6. The Morgan fingerprint density at radius 3 is 2.53 bits per heavy atom. The van der Waals surface area contributed by atoms with Gasteiger partial charge in [-0.3, -0.25) is 14.6 Å². The summed E-state index contributed by atoms with van der Waals surface area (Å²) in [5.41, 5.74) is 1.79. The normalized spacial score (nSPS) is 17.6. The molecule has 6 nitrogen and oxygen atoms in total. The number of halogens is 1. The Morgan fingerprint density at radius 2 is 1.91 bits per heavy atom. The van der Waals surface area contributed by atoms with E-state index >= 15 is 0 Å². The van der Waals surface area contributed by atoms with E-state index in [-0.39, 0.29) is 17.7 Å². The second kappa shape index (κ2) is 8.63. The van der Waals surface area contributed by atoms with Gasteiger partial charge in [0.05, 0.1) is 18.7 Å². The van der Waals surface area contributed by atoms with Crippen molar-refractivity contribution in [2.45, 2.75) is 19.5 Å². The molecule has 1 aliphatic rings. The summed E-state index contributed by atoms with van der Waals surface area (Å²) in [5, 5.41) is 11.0. The Hall–Kier alpha value is -4.00. The Labute approximate surface area is 184 Å². The number of ether oxygens (including phenoxy) is 1. The van der Waals surface area contributed by atoms with E-state index in [0.717, 1.165) is 11.6 Å². The van der Waals surface area contributed by atoms with Gasteiger partial charge >= 0.3 is 0 Å². The lowest BCUT2D eigenvalue weighted by atomic mass is 9.94. The molecular weight excluding hydrogens is 411 g/mol. The van der Waals surface area contributed by atoms with Crippen molar-refractivity contribution in [3.05, 3.63) is 101 Å². The van der Waals surface area contributed by atoms with Crippen molar-refractivity contribution in [2.75, 3.05) is 7.11 Å². The SMILES string of the molecule is COc1ccc(C2C(=C(O)c3ccc(C)c(F)c3)C(=O)C(=O)N2Cc2cccnc2)cc1. The van der Waals surface area contributed by atoms with Gasteiger partial charge < -0.3 is 14.7 Å². The third kappa shape index (κ3) is 3.85. The van der Waals surface area contributed by atoms with Gasteiger partial charge in [-0.2, -0.15) is 0 Å². The molecule has 0 aliphatic carbocycles. The first-order chi connectivity index (χ1) is 15.4. The lowest BCUT2D eigenvalue weighted by Crippen LogP contribution is -2.29.